The molecule has 0 spiro atoms. The number of anilines is 4. The van der Waals surface area contributed by atoms with Gasteiger partial charge in [-0.05, 0) is 59.3 Å². The van der Waals surface area contributed by atoms with Gasteiger partial charge in [-0.1, -0.05) is 73.0 Å². The molecule has 0 saturated carbocycles. The number of ether oxygens (including phenoxy) is 1. The Hall–Kier alpha value is -4.90. The van der Waals surface area contributed by atoms with E-state index in [9.17, 15) is 0 Å². The third-order valence-electron chi connectivity index (χ3n) is 7.94. The van der Waals surface area contributed by atoms with Crippen LogP contribution in [0.1, 0.15) is 25.3 Å². The molecule has 0 radical (unpaired) electrons. The molecular weight excluding hydrogens is 740 g/mol. The first-order valence-electron chi connectivity index (χ1n) is 14.7. The summed E-state index contributed by atoms with van der Waals surface area (Å²) in [5.74, 6) is 2.43. The number of benzene rings is 5. The molecule has 224 valence electrons. The number of hydrogen-bond acceptors (Lipinski definition) is 4. The first-order valence-corrected chi connectivity index (χ1v) is 14.7. The largest absolute Gasteiger partial charge is 0.509 e. The molecule has 7 heteroatoms. The van der Waals surface area contributed by atoms with Crippen LogP contribution >= 0.6 is 0 Å². The van der Waals surface area contributed by atoms with Gasteiger partial charge in [-0.3, -0.25) is 0 Å². The van der Waals surface area contributed by atoms with E-state index in [4.69, 9.17) is 14.7 Å². The molecule has 1 aliphatic heterocycles. The van der Waals surface area contributed by atoms with Gasteiger partial charge in [-0.25, -0.2) is 4.98 Å². The predicted octanol–water partition coefficient (Wildman–Crippen LogP) is 9.82. The SMILES string of the molecule is CC(C)c1ccnc(-n2c3[c-]c(Oc4[c-]c(N5[OH+]N(c6ccccc6)c6ccccc65)ccc4)ccc3c3ccccc32)c1.[Pt]. The summed E-state index contributed by atoms with van der Waals surface area (Å²) in [6, 6.07) is 47.8. The number of hydrogen-bond donors (Lipinski definition) is 0. The quantitative estimate of drug-likeness (QED) is 0.125. The number of nitrogens with zero attached hydrogens (tertiary/aromatic N) is 4. The minimum atomic E-state index is 0. The molecule has 45 heavy (non-hydrogen) atoms. The molecule has 0 atom stereocenters. The van der Waals surface area contributed by atoms with E-state index >= 15 is 0 Å². The van der Waals surface area contributed by atoms with E-state index in [0.29, 0.717) is 17.4 Å². The first kappa shape index (κ1) is 28.8. The van der Waals surface area contributed by atoms with Crippen LogP contribution in [0.15, 0.2) is 128 Å². The van der Waals surface area contributed by atoms with E-state index in [2.05, 4.69) is 85.1 Å². The Kier molecular flexibility index (Phi) is 7.62. The van der Waals surface area contributed by atoms with Crippen LogP contribution < -0.4 is 14.9 Å². The average Bonchev–Trinajstić information content (AvgIpc) is 3.61. The molecule has 0 saturated heterocycles. The normalized spacial score (nSPS) is 12.5. The zero-order valence-corrected chi connectivity index (χ0v) is 26.9. The average molecular weight is 769 g/mol. The molecule has 5 aromatic carbocycles. The second-order valence-electron chi connectivity index (χ2n) is 11.1. The Morgan fingerprint density at radius 2 is 1.42 bits per heavy atom. The summed E-state index contributed by atoms with van der Waals surface area (Å²) < 4.78 is 8.58. The van der Waals surface area contributed by atoms with Crippen molar-refractivity contribution < 1.29 is 30.7 Å². The molecule has 0 fully saturated rings. The Morgan fingerprint density at radius 3 is 2.24 bits per heavy atom. The molecule has 0 unspecified atom stereocenters. The van der Waals surface area contributed by atoms with Crippen LogP contribution in [0.2, 0.25) is 0 Å². The van der Waals surface area contributed by atoms with Crippen molar-refractivity contribution >= 4 is 44.6 Å². The third-order valence-corrected chi connectivity index (χ3v) is 7.94. The number of aromatic nitrogens is 2. The van der Waals surface area contributed by atoms with Crippen LogP contribution in [0.25, 0.3) is 27.6 Å². The summed E-state index contributed by atoms with van der Waals surface area (Å²) in [6.07, 6.45) is 1.88. The number of fused-ring (bicyclic) bond motifs is 4. The van der Waals surface area contributed by atoms with E-state index in [0.717, 1.165) is 50.4 Å². The second kappa shape index (κ2) is 11.9. The molecule has 6 nitrogen and oxygen atoms in total. The molecule has 2 aromatic heterocycles. The number of pyridine rings is 1. The molecule has 8 rings (SSSR count). The first-order chi connectivity index (χ1) is 21.6. The van der Waals surface area contributed by atoms with Gasteiger partial charge in [-0.2, -0.15) is 17.1 Å². The van der Waals surface area contributed by atoms with Crippen molar-refractivity contribution in [3.63, 3.8) is 0 Å². The summed E-state index contributed by atoms with van der Waals surface area (Å²) in [5.41, 5.74) is 6.96. The van der Waals surface area contributed by atoms with Crippen LogP contribution in [0.5, 0.6) is 11.5 Å². The van der Waals surface area contributed by atoms with Gasteiger partial charge >= 0.3 is 0 Å². The van der Waals surface area contributed by atoms with E-state index in [-0.39, 0.29) is 21.1 Å². The standard InChI is InChI=1S/C38H28N4O2.Pt/c1-26(2)27-21-22-39-38(23-27)40-34-16-7-6-15-32(34)33-20-19-31(25-37(33)40)43-30-14-10-13-29(24-30)42-36-18-9-8-17-35(36)41(44-42)28-11-4-3-5-12-28;/h3-23,26H,1-2H3;/q-2;/p+1. The van der Waals surface area contributed by atoms with Crippen LogP contribution in [0.3, 0.4) is 0 Å². The maximum absolute atomic E-state index is 6.41. The zero-order chi connectivity index (χ0) is 29.6. The van der Waals surface area contributed by atoms with E-state index in [1.807, 2.05) is 83.1 Å². The van der Waals surface area contributed by atoms with Gasteiger partial charge in [0.15, 0.2) is 0 Å². The van der Waals surface area contributed by atoms with Crippen molar-refractivity contribution in [2.24, 2.45) is 0 Å². The number of rotatable bonds is 6. The second-order valence-corrected chi connectivity index (χ2v) is 11.1. The monoisotopic (exact) mass is 768 g/mol. The van der Waals surface area contributed by atoms with Gasteiger partial charge in [0.1, 0.15) is 22.9 Å². The van der Waals surface area contributed by atoms with Crippen molar-refractivity contribution in [2.45, 2.75) is 19.8 Å². The fraction of sp³-hybridized carbons (Fsp3) is 0.0789. The Bertz CT molecular complexity index is 2140. The molecule has 0 aliphatic carbocycles. The minimum absolute atomic E-state index is 0. The van der Waals surface area contributed by atoms with E-state index in [1.54, 1.807) is 0 Å². The van der Waals surface area contributed by atoms with Gasteiger partial charge in [0.05, 0.1) is 0 Å². The Balaban J connectivity index is 0.00000325. The van der Waals surface area contributed by atoms with E-state index < -0.39 is 0 Å². The van der Waals surface area contributed by atoms with Crippen LogP contribution in [-0.2, 0) is 21.1 Å². The fourth-order valence-electron chi connectivity index (χ4n) is 5.77. The molecular formula is C38H29N4O2Pt-. The zero-order valence-electron chi connectivity index (χ0n) is 24.7. The fourth-order valence-corrected chi connectivity index (χ4v) is 5.77. The minimum Gasteiger partial charge on any atom is -0.509 e. The van der Waals surface area contributed by atoms with Gasteiger partial charge in [0, 0.05) is 50.0 Å². The summed E-state index contributed by atoms with van der Waals surface area (Å²) in [6.45, 7) is 4.39. The van der Waals surface area contributed by atoms with Crippen LogP contribution in [0, 0.1) is 12.1 Å². The molecule has 1 N–H and O–H groups in total. The van der Waals surface area contributed by atoms with Crippen molar-refractivity contribution in [1.82, 2.24) is 9.55 Å². The molecule has 0 amide bonds. The maximum atomic E-state index is 6.41. The molecule has 0 bridgehead atoms. The van der Waals surface area contributed by atoms with E-state index in [1.165, 1.54) is 5.56 Å². The summed E-state index contributed by atoms with van der Waals surface area (Å²) in [4.78, 5) is 9.69. The van der Waals surface area contributed by atoms with Gasteiger partial charge < -0.3 is 9.30 Å². The Labute approximate surface area is 276 Å². The number of para-hydroxylation sites is 4. The van der Waals surface area contributed by atoms with Crippen LogP contribution in [-0.4, -0.2) is 14.5 Å². The van der Waals surface area contributed by atoms with Crippen molar-refractivity contribution in [1.29, 1.82) is 0 Å². The summed E-state index contributed by atoms with van der Waals surface area (Å²) in [5, 5.41) is 6.08. The summed E-state index contributed by atoms with van der Waals surface area (Å²) in [7, 11) is 0. The van der Waals surface area contributed by atoms with Crippen LogP contribution in [0.4, 0.5) is 22.7 Å². The van der Waals surface area contributed by atoms with Gasteiger partial charge in [0.2, 0.25) is 0 Å². The van der Waals surface area contributed by atoms with Crippen molar-refractivity contribution in [3.8, 4) is 17.3 Å². The predicted molar refractivity (Wildman–Crippen MR) is 176 cm³/mol. The topological polar surface area (TPSA) is 46.3 Å². The van der Waals surface area contributed by atoms with Crippen molar-refractivity contribution in [2.75, 3.05) is 10.1 Å². The maximum Gasteiger partial charge on any atom is 0.148 e. The molecule has 7 aromatic rings. The van der Waals surface area contributed by atoms with Crippen molar-refractivity contribution in [3.05, 3.63) is 145 Å². The molecule has 3 heterocycles. The molecule has 1 aliphatic rings. The smallest absolute Gasteiger partial charge is 0.148 e. The summed E-state index contributed by atoms with van der Waals surface area (Å²) >= 11 is 0. The van der Waals surface area contributed by atoms with Gasteiger partial charge in [-0.15, -0.1) is 40.8 Å². The Morgan fingerprint density at radius 1 is 0.689 bits per heavy atom. The third kappa shape index (κ3) is 5.16. The van der Waals surface area contributed by atoms with Gasteiger partial charge in [0.25, 0.3) is 0 Å².